The highest BCUT2D eigenvalue weighted by atomic mass is 16.5. The number of rotatable bonds is 6. The van der Waals surface area contributed by atoms with Gasteiger partial charge in [-0.25, -0.2) is 0 Å². The molecule has 3 nitrogen and oxygen atoms in total. The Labute approximate surface area is 105 Å². The van der Waals surface area contributed by atoms with Crippen molar-refractivity contribution < 1.29 is 9.84 Å². The average molecular weight is 241 g/mol. The van der Waals surface area contributed by atoms with Crippen LogP contribution in [0.5, 0.6) is 0 Å². The van der Waals surface area contributed by atoms with Gasteiger partial charge in [0.25, 0.3) is 0 Å². The molecule has 2 fully saturated rings. The summed E-state index contributed by atoms with van der Waals surface area (Å²) in [4.78, 5) is 2.58. The number of piperidine rings is 1. The molecule has 2 aliphatic rings. The Morgan fingerprint density at radius 1 is 1.18 bits per heavy atom. The molecule has 2 unspecified atom stereocenters. The average Bonchev–Trinajstić information content (AvgIpc) is 2.83. The van der Waals surface area contributed by atoms with Gasteiger partial charge in [0.2, 0.25) is 0 Å². The molecular formula is C14H27NO2. The third kappa shape index (κ3) is 4.57. The van der Waals surface area contributed by atoms with E-state index in [4.69, 9.17) is 9.84 Å². The van der Waals surface area contributed by atoms with Crippen LogP contribution < -0.4 is 0 Å². The summed E-state index contributed by atoms with van der Waals surface area (Å²) in [6.45, 7) is 5.02. The molecule has 0 aromatic heterocycles. The second-order valence-corrected chi connectivity index (χ2v) is 5.60. The van der Waals surface area contributed by atoms with Gasteiger partial charge < -0.3 is 14.7 Å². The maximum atomic E-state index is 8.99. The fourth-order valence-corrected chi connectivity index (χ4v) is 3.19. The standard InChI is InChI=1S/C14H27NO2/c16-10-7-13-4-1-8-15(12-13)9-2-5-14-6-3-11-17-14/h13-14,16H,1-12H2. The Hall–Kier alpha value is -0.120. The first-order valence-corrected chi connectivity index (χ1v) is 7.33. The zero-order chi connectivity index (χ0) is 11.9. The van der Waals surface area contributed by atoms with E-state index in [9.17, 15) is 0 Å². The van der Waals surface area contributed by atoms with E-state index in [-0.39, 0.29) is 0 Å². The minimum Gasteiger partial charge on any atom is -0.396 e. The lowest BCUT2D eigenvalue weighted by molar-refractivity contribution is 0.0936. The fraction of sp³-hybridized carbons (Fsp3) is 1.00. The molecule has 2 heterocycles. The first kappa shape index (κ1) is 13.3. The quantitative estimate of drug-likeness (QED) is 0.772. The first-order valence-electron chi connectivity index (χ1n) is 7.33. The second-order valence-electron chi connectivity index (χ2n) is 5.60. The molecule has 1 N–H and O–H groups in total. The smallest absolute Gasteiger partial charge is 0.0576 e. The van der Waals surface area contributed by atoms with E-state index in [1.54, 1.807) is 0 Å². The van der Waals surface area contributed by atoms with E-state index in [0.29, 0.717) is 12.7 Å². The van der Waals surface area contributed by atoms with Crippen molar-refractivity contribution >= 4 is 0 Å². The normalized spacial score (nSPS) is 30.9. The summed E-state index contributed by atoms with van der Waals surface area (Å²) in [5.41, 5.74) is 0. The minimum atomic E-state index is 0.356. The topological polar surface area (TPSA) is 32.7 Å². The van der Waals surface area contributed by atoms with E-state index in [0.717, 1.165) is 18.9 Å². The maximum absolute atomic E-state index is 8.99. The van der Waals surface area contributed by atoms with E-state index in [1.807, 2.05) is 0 Å². The molecule has 17 heavy (non-hydrogen) atoms. The molecule has 2 atom stereocenters. The van der Waals surface area contributed by atoms with E-state index in [2.05, 4.69) is 4.90 Å². The van der Waals surface area contributed by atoms with Crippen LogP contribution in [0.1, 0.15) is 44.9 Å². The second kappa shape index (κ2) is 7.34. The molecule has 100 valence electrons. The van der Waals surface area contributed by atoms with Crippen molar-refractivity contribution in [3.05, 3.63) is 0 Å². The highest BCUT2D eigenvalue weighted by molar-refractivity contribution is 4.73. The van der Waals surface area contributed by atoms with Crippen LogP contribution >= 0.6 is 0 Å². The lowest BCUT2D eigenvalue weighted by atomic mass is 9.95. The number of aliphatic hydroxyl groups excluding tert-OH is 1. The SMILES string of the molecule is OCCC1CCCN(CCCC2CCCO2)C1. The van der Waals surface area contributed by atoms with Crippen molar-refractivity contribution in [3.63, 3.8) is 0 Å². The van der Waals surface area contributed by atoms with Crippen LogP contribution in [0.2, 0.25) is 0 Å². The zero-order valence-corrected chi connectivity index (χ0v) is 10.9. The van der Waals surface area contributed by atoms with Gasteiger partial charge in [0.05, 0.1) is 6.10 Å². The van der Waals surface area contributed by atoms with Crippen molar-refractivity contribution in [3.8, 4) is 0 Å². The number of nitrogens with zero attached hydrogens (tertiary/aromatic N) is 1. The van der Waals surface area contributed by atoms with Gasteiger partial charge in [-0.05, 0) is 64.0 Å². The van der Waals surface area contributed by atoms with Gasteiger partial charge in [-0.3, -0.25) is 0 Å². The van der Waals surface area contributed by atoms with Crippen molar-refractivity contribution in [2.24, 2.45) is 5.92 Å². The van der Waals surface area contributed by atoms with Gasteiger partial charge in [-0.1, -0.05) is 0 Å². The monoisotopic (exact) mass is 241 g/mol. The lowest BCUT2D eigenvalue weighted by Gasteiger charge is -2.32. The molecule has 0 saturated carbocycles. The molecule has 0 aliphatic carbocycles. The molecule has 3 heteroatoms. The third-order valence-corrected chi connectivity index (χ3v) is 4.16. The van der Waals surface area contributed by atoms with Gasteiger partial charge in [0, 0.05) is 19.8 Å². The largest absolute Gasteiger partial charge is 0.396 e. The molecule has 0 radical (unpaired) electrons. The molecule has 0 aromatic carbocycles. The predicted molar refractivity (Wildman–Crippen MR) is 69.1 cm³/mol. The maximum Gasteiger partial charge on any atom is 0.0576 e. The van der Waals surface area contributed by atoms with Gasteiger partial charge in [-0.15, -0.1) is 0 Å². The Morgan fingerprint density at radius 2 is 2.12 bits per heavy atom. The van der Waals surface area contributed by atoms with E-state index in [1.165, 1.54) is 58.2 Å². The molecule has 0 bridgehead atoms. The van der Waals surface area contributed by atoms with Crippen LogP contribution in [0.3, 0.4) is 0 Å². The Kier molecular flexibility index (Phi) is 5.75. The van der Waals surface area contributed by atoms with Crippen molar-refractivity contribution in [2.75, 3.05) is 32.8 Å². The highest BCUT2D eigenvalue weighted by Crippen LogP contribution is 2.21. The minimum absolute atomic E-state index is 0.356. The highest BCUT2D eigenvalue weighted by Gasteiger charge is 2.20. The molecule has 2 rings (SSSR count). The number of likely N-dealkylation sites (tertiary alicyclic amines) is 1. The summed E-state index contributed by atoms with van der Waals surface area (Å²) < 4.78 is 5.65. The summed E-state index contributed by atoms with van der Waals surface area (Å²) in [6, 6.07) is 0. The van der Waals surface area contributed by atoms with Crippen LogP contribution in [-0.2, 0) is 4.74 Å². The van der Waals surface area contributed by atoms with Crippen LogP contribution in [0.4, 0.5) is 0 Å². The Bertz CT molecular complexity index is 202. The van der Waals surface area contributed by atoms with Gasteiger partial charge in [-0.2, -0.15) is 0 Å². The van der Waals surface area contributed by atoms with Crippen LogP contribution in [0.15, 0.2) is 0 Å². The summed E-state index contributed by atoms with van der Waals surface area (Å²) in [5, 5.41) is 8.99. The summed E-state index contributed by atoms with van der Waals surface area (Å²) >= 11 is 0. The molecular weight excluding hydrogens is 214 g/mol. The van der Waals surface area contributed by atoms with E-state index < -0.39 is 0 Å². The van der Waals surface area contributed by atoms with Gasteiger partial charge in [0.1, 0.15) is 0 Å². The van der Waals surface area contributed by atoms with Crippen LogP contribution in [-0.4, -0.2) is 49.0 Å². The van der Waals surface area contributed by atoms with Crippen molar-refractivity contribution in [2.45, 2.75) is 51.0 Å². The molecule has 2 saturated heterocycles. The number of hydrogen-bond acceptors (Lipinski definition) is 3. The van der Waals surface area contributed by atoms with E-state index >= 15 is 0 Å². The molecule has 0 spiro atoms. The summed E-state index contributed by atoms with van der Waals surface area (Å²) in [5.74, 6) is 0.733. The predicted octanol–water partition coefficient (Wildman–Crippen LogP) is 2.04. The van der Waals surface area contributed by atoms with Crippen molar-refractivity contribution in [1.82, 2.24) is 4.90 Å². The first-order chi connectivity index (χ1) is 8.38. The Balaban J connectivity index is 1.58. The Morgan fingerprint density at radius 3 is 2.88 bits per heavy atom. The molecule has 2 aliphatic heterocycles. The van der Waals surface area contributed by atoms with Crippen LogP contribution in [0.25, 0.3) is 0 Å². The van der Waals surface area contributed by atoms with Gasteiger partial charge in [0.15, 0.2) is 0 Å². The fourth-order valence-electron chi connectivity index (χ4n) is 3.19. The van der Waals surface area contributed by atoms with Crippen LogP contribution in [0, 0.1) is 5.92 Å². The third-order valence-electron chi connectivity index (χ3n) is 4.16. The molecule has 0 aromatic rings. The van der Waals surface area contributed by atoms with Crippen molar-refractivity contribution in [1.29, 1.82) is 0 Å². The summed E-state index contributed by atoms with van der Waals surface area (Å²) in [6.07, 6.45) is 9.20. The number of aliphatic hydroxyl groups is 1. The van der Waals surface area contributed by atoms with Gasteiger partial charge >= 0.3 is 0 Å². The lowest BCUT2D eigenvalue weighted by Crippen LogP contribution is -2.36. The number of hydrogen-bond donors (Lipinski definition) is 1. The zero-order valence-electron chi connectivity index (χ0n) is 10.9. The number of ether oxygens (including phenoxy) is 1. The summed E-state index contributed by atoms with van der Waals surface area (Å²) in [7, 11) is 0. The molecule has 0 amide bonds.